The molecule has 0 bridgehead atoms. The fourth-order valence-corrected chi connectivity index (χ4v) is 2.30. The van der Waals surface area contributed by atoms with Crippen molar-refractivity contribution in [3.8, 4) is 5.75 Å². The third-order valence-electron chi connectivity index (χ3n) is 2.85. The van der Waals surface area contributed by atoms with Gasteiger partial charge in [0.15, 0.2) is 0 Å². The standard InChI is InChI=1S/C14H16O4S/c1-2-3-8-18-13-6-4-11-5-7-14(19(15,16)17)10-12(11)9-13/h4-7,9-10H,2-3,8H2,1H3,(H,15,16,17). The van der Waals surface area contributed by atoms with Gasteiger partial charge in [-0.1, -0.05) is 25.5 Å². The monoisotopic (exact) mass is 280 g/mol. The normalized spacial score (nSPS) is 11.7. The first-order valence-corrected chi connectivity index (χ1v) is 7.59. The quantitative estimate of drug-likeness (QED) is 0.674. The highest BCUT2D eigenvalue weighted by Gasteiger charge is 2.09. The van der Waals surface area contributed by atoms with Crippen LogP contribution in [-0.4, -0.2) is 19.6 Å². The third-order valence-corrected chi connectivity index (χ3v) is 3.70. The number of hydrogen-bond acceptors (Lipinski definition) is 3. The van der Waals surface area contributed by atoms with Gasteiger partial charge in [-0.05, 0) is 41.5 Å². The van der Waals surface area contributed by atoms with Crippen LogP contribution >= 0.6 is 0 Å². The fourth-order valence-electron chi connectivity index (χ4n) is 1.79. The van der Waals surface area contributed by atoms with Gasteiger partial charge in [-0.3, -0.25) is 4.55 Å². The molecule has 0 atom stereocenters. The Balaban J connectivity index is 2.34. The molecule has 0 aliphatic rings. The van der Waals surface area contributed by atoms with Crippen LogP contribution in [0.5, 0.6) is 5.75 Å². The predicted molar refractivity (Wildman–Crippen MR) is 74.2 cm³/mol. The number of rotatable bonds is 5. The zero-order chi connectivity index (χ0) is 13.9. The van der Waals surface area contributed by atoms with E-state index < -0.39 is 10.1 Å². The van der Waals surface area contributed by atoms with Gasteiger partial charge in [0.2, 0.25) is 0 Å². The Hall–Kier alpha value is -1.59. The molecule has 0 spiro atoms. The largest absolute Gasteiger partial charge is 0.494 e. The lowest BCUT2D eigenvalue weighted by Gasteiger charge is -2.07. The summed E-state index contributed by atoms with van der Waals surface area (Å²) in [4.78, 5) is -0.106. The molecule has 0 fully saturated rings. The van der Waals surface area contributed by atoms with E-state index in [-0.39, 0.29) is 4.90 Å². The molecular formula is C14H16O4S. The Morgan fingerprint density at radius 1 is 1.11 bits per heavy atom. The van der Waals surface area contributed by atoms with E-state index in [1.807, 2.05) is 12.1 Å². The summed E-state index contributed by atoms with van der Waals surface area (Å²) in [5.41, 5.74) is 0. The molecule has 102 valence electrons. The van der Waals surface area contributed by atoms with Crippen molar-refractivity contribution in [1.29, 1.82) is 0 Å². The highest BCUT2D eigenvalue weighted by molar-refractivity contribution is 7.85. The second-order valence-corrected chi connectivity index (χ2v) is 5.77. The fraction of sp³-hybridized carbons (Fsp3) is 0.286. The summed E-state index contributed by atoms with van der Waals surface area (Å²) in [6.45, 7) is 2.72. The molecule has 0 heterocycles. The summed E-state index contributed by atoms with van der Waals surface area (Å²) in [6.07, 6.45) is 2.03. The molecule has 4 nitrogen and oxygen atoms in total. The molecule has 2 rings (SSSR count). The summed E-state index contributed by atoms with van der Waals surface area (Å²) >= 11 is 0. The zero-order valence-corrected chi connectivity index (χ0v) is 11.5. The number of unbranched alkanes of at least 4 members (excludes halogenated alkanes) is 1. The average molecular weight is 280 g/mol. The van der Waals surface area contributed by atoms with Crippen LogP contribution in [0.1, 0.15) is 19.8 Å². The Morgan fingerprint density at radius 2 is 1.84 bits per heavy atom. The Kier molecular flexibility index (Phi) is 4.07. The van der Waals surface area contributed by atoms with Gasteiger partial charge in [0.05, 0.1) is 11.5 Å². The van der Waals surface area contributed by atoms with E-state index >= 15 is 0 Å². The third kappa shape index (κ3) is 3.45. The van der Waals surface area contributed by atoms with Gasteiger partial charge in [-0.25, -0.2) is 0 Å². The van der Waals surface area contributed by atoms with E-state index in [1.54, 1.807) is 12.1 Å². The maximum Gasteiger partial charge on any atom is 0.294 e. The van der Waals surface area contributed by atoms with Crippen LogP contribution in [0.4, 0.5) is 0 Å². The van der Waals surface area contributed by atoms with Gasteiger partial charge in [0.25, 0.3) is 10.1 Å². The van der Waals surface area contributed by atoms with Gasteiger partial charge < -0.3 is 4.74 Å². The predicted octanol–water partition coefficient (Wildman–Crippen LogP) is 3.27. The smallest absolute Gasteiger partial charge is 0.294 e. The SMILES string of the molecule is CCCCOc1ccc2ccc(S(=O)(=O)O)cc2c1. The number of fused-ring (bicyclic) bond motifs is 1. The summed E-state index contributed by atoms with van der Waals surface area (Å²) in [5.74, 6) is 0.702. The van der Waals surface area contributed by atoms with E-state index in [0.29, 0.717) is 12.4 Å². The maximum atomic E-state index is 11.1. The highest BCUT2D eigenvalue weighted by atomic mass is 32.2. The first kappa shape index (κ1) is 13.8. The van der Waals surface area contributed by atoms with Crippen LogP contribution in [0.25, 0.3) is 10.8 Å². The van der Waals surface area contributed by atoms with E-state index in [9.17, 15) is 8.42 Å². The first-order chi connectivity index (χ1) is 9.00. The van der Waals surface area contributed by atoms with Crippen LogP contribution in [-0.2, 0) is 10.1 Å². The van der Waals surface area contributed by atoms with Crippen molar-refractivity contribution in [2.45, 2.75) is 24.7 Å². The van der Waals surface area contributed by atoms with Crippen LogP contribution in [0.3, 0.4) is 0 Å². The van der Waals surface area contributed by atoms with Crippen molar-refractivity contribution in [1.82, 2.24) is 0 Å². The maximum absolute atomic E-state index is 11.1. The van der Waals surface area contributed by atoms with E-state index in [4.69, 9.17) is 9.29 Å². The molecule has 1 N–H and O–H groups in total. The van der Waals surface area contributed by atoms with E-state index in [1.165, 1.54) is 12.1 Å². The molecule has 0 aliphatic carbocycles. The van der Waals surface area contributed by atoms with Gasteiger partial charge in [-0.2, -0.15) is 8.42 Å². The van der Waals surface area contributed by atoms with Crippen molar-refractivity contribution < 1.29 is 17.7 Å². The topological polar surface area (TPSA) is 63.6 Å². The Bertz CT molecular complexity index is 677. The molecule has 5 heteroatoms. The van der Waals surface area contributed by atoms with E-state index in [2.05, 4.69) is 6.92 Å². The number of hydrogen-bond donors (Lipinski definition) is 1. The van der Waals surface area contributed by atoms with E-state index in [0.717, 1.165) is 23.6 Å². The molecule has 0 saturated heterocycles. The molecule has 0 unspecified atom stereocenters. The second kappa shape index (κ2) is 5.59. The van der Waals surface area contributed by atoms with Crippen LogP contribution in [0, 0.1) is 0 Å². The molecular weight excluding hydrogens is 264 g/mol. The minimum Gasteiger partial charge on any atom is -0.494 e. The van der Waals surface area contributed by atoms with Gasteiger partial charge >= 0.3 is 0 Å². The van der Waals surface area contributed by atoms with Crippen molar-refractivity contribution in [3.05, 3.63) is 36.4 Å². The van der Waals surface area contributed by atoms with Crippen molar-refractivity contribution in [3.63, 3.8) is 0 Å². The lowest BCUT2D eigenvalue weighted by atomic mass is 10.1. The lowest BCUT2D eigenvalue weighted by molar-refractivity contribution is 0.310. The number of benzene rings is 2. The van der Waals surface area contributed by atoms with Gasteiger partial charge in [-0.15, -0.1) is 0 Å². The zero-order valence-electron chi connectivity index (χ0n) is 10.7. The Morgan fingerprint density at radius 3 is 2.53 bits per heavy atom. The van der Waals surface area contributed by atoms with Crippen molar-refractivity contribution in [2.75, 3.05) is 6.61 Å². The highest BCUT2D eigenvalue weighted by Crippen LogP contribution is 2.24. The molecule has 0 aliphatic heterocycles. The second-order valence-electron chi connectivity index (χ2n) is 4.35. The summed E-state index contributed by atoms with van der Waals surface area (Å²) < 4.78 is 36.8. The molecule has 0 aromatic heterocycles. The minimum atomic E-state index is -4.17. The Labute approximate surface area is 112 Å². The molecule has 19 heavy (non-hydrogen) atoms. The average Bonchev–Trinajstić information content (AvgIpc) is 2.37. The van der Waals surface area contributed by atoms with Crippen molar-refractivity contribution >= 4 is 20.9 Å². The number of ether oxygens (including phenoxy) is 1. The molecule has 0 saturated carbocycles. The summed E-state index contributed by atoms with van der Waals surface area (Å²) in [7, 11) is -4.17. The van der Waals surface area contributed by atoms with Crippen LogP contribution < -0.4 is 4.74 Å². The molecule has 2 aromatic carbocycles. The van der Waals surface area contributed by atoms with Crippen molar-refractivity contribution in [2.24, 2.45) is 0 Å². The summed E-state index contributed by atoms with van der Waals surface area (Å²) in [6, 6.07) is 9.98. The summed E-state index contributed by atoms with van der Waals surface area (Å²) in [5, 5.41) is 1.62. The van der Waals surface area contributed by atoms with Crippen LogP contribution in [0.2, 0.25) is 0 Å². The molecule has 2 aromatic rings. The minimum absolute atomic E-state index is 0.106. The molecule has 0 amide bonds. The lowest BCUT2D eigenvalue weighted by Crippen LogP contribution is -1.98. The first-order valence-electron chi connectivity index (χ1n) is 6.15. The van der Waals surface area contributed by atoms with Gasteiger partial charge in [0.1, 0.15) is 5.75 Å². The van der Waals surface area contributed by atoms with Gasteiger partial charge in [0, 0.05) is 0 Å². The molecule has 0 radical (unpaired) electrons. The van der Waals surface area contributed by atoms with Crippen LogP contribution in [0.15, 0.2) is 41.3 Å².